The van der Waals surface area contributed by atoms with E-state index in [9.17, 15) is 0 Å². The number of aryl methyl sites for hydroxylation is 1. The summed E-state index contributed by atoms with van der Waals surface area (Å²) in [5, 5.41) is 0. The summed E-state index contributed by atoms with van der Waals surface area (Å²) < 4.78 is 5.32. The Kier molecular flexibility index (Phi) is 5.17. The highest BCUT2D eigenvalue weighted by molar-refractivity contribution is 5.38. The summed E-state index contributed by atoms with van der Waals surface area (Å²) in [6.07, 6.45) is 2.77. The summed E-state index contributed by atoms with van der Waals surface area (Å²) in [7, 11) is 1.70. The van der Waals surface area contributed by atoms with Crippen LogP contribution in [-0.2, 0) is 6.42 Å². The van der Waals surface area contributed by atoms with Crippen molar-refractivity contribution in [2.24, 2.45) is 11.5 Å². The van der Waals surface area contributed by atoms with Gasteiger partial charge >= 0.3 is 0 Å². The van der Waals surface area contributed by atoms with Crippen LogP contribution in [0.1, 0.15) is 50.8 Å². The van der Waals surface area contributed by atoms with Crippen LogP contribution in [0.2, 0.25) is 0 Å². The molecule has 4 N–H and O–H groups in total. The molecule has 0 aromatic heterocycles. The predicted octanol–water partition coefficient (Wildman–Crippen LogP) is 2.77. The molecule has 1 aromatic carbocycles. The van der Waals surface area contributed by atoms with E-state index in [4.69, 9.17) is 16.2 Å². The van der Waals surface area contributed by atoms with Crippen LogP contribution in [0.5, 0.6) is 5.75 Å². The average molecular weight is 250 g/mol. The van der Waals surface area contributed by atoms with Crippen LogP contribution in [0.15, 0.2) is 18.2 Å². The molecule has 0 heterocycles. The number of ether oxygens (including phenoxy) is 1. The van der Waals surface area contributed by atoms with Gasteiger partial charge in [-0.3, -0.25) is 0 Å². The summed E-state index contributed by atoms with van der Waals surface area (Å²) in [5.41, 5.74) is 14.4. The van der Waals surface area contributed by atoms with E-state index < -0.39 is 0 Å². The summed E-state index contributed by atoms with van der Waals surface area (Å²) in [5.74, 6) is 0.938. The molecule has 1 aromatic rings. The number of methoxy groups -OCH3 is 1. The summed E-state index contributed by atoms with van der Waals surface area (Å²) in [4.78, 5) is 0. The van der Waals surface area contributed by atoms with Crippen molar-refractivity contribution >= 4 is 0 Å². The average Bonchev–Trinajstić information content (AvgIpc) is 2.34. The van der Waals surface area contributed by atoms with Crippen molar-refractivity contribution in [1.29, 1.82) is 0 Å². The molecular weight excluding hydrogens is 224 g/mol. The van der Waals surface area contributed by atoms with Gasteiger partial charge in [0.25, 0.3) is 0 Å². The highest BCUT2D eigenvalue weighted by Crippen LogP contribution is 2.25. The van der Waals surface area contributed by atoms with Crippen LogP contribution < -0.4 is 16.2 Å². The van der Waals surface area contributed by atoms with Crippen molar-refractivity contribution in [3.05, 3.63) is 29.3 Å². The SMILES string of the molecule is CCc1cc(C(N)CCC(C)(C)N)ccc1OC. The van der Waals surface area contributed by atoms with E-state index in [0.29, 0.717) is 0 Å². The number of nitrogens with two attached hydrogens (primary N) is 2. The Bertz CT molecular complexity index is 383. The van der Waals surface area contributed by atoms with Gasteiger partial charge in [0.15, 0.2) is 0 Å². The maximum Gasteiger partial charge on any atom is 0.122 e. The highest BCUT2D eigenvalue weighted by atomic mass is 16.5. The molecule has 1 rings (SSSR count). The maximum atomic E-state index is 6.22. The monoisotopic (exact) mass is 250 g/mol. The molecule has 1 atom stereocenters. The first-order chi connectivity index (χ1) is 8.37. The Morgan fingerprint density at radius 1 is 1.33 bits per heavy atom. The first-order valence-corrected chi connectivity index (χ1v) is 6.58. The summed E-state index contributed by atoms with van der Waals surface area (Å²) in [6.45, 7) is 6.19. The van der Waals surface area contributed by atoms with Crippen molar-refractivity contribution in [3.63, 3.8) is 0 Å². The van der Waals surface area contributed by atoms with Gasteiger partial charge in [-0.2, -0.15) is 0 Å². The Balaban J connectivity index is 2.77. The number of hydrogen-bond acceptors (Lipinski definition) is 3. The van der Waals surface area contributed by atoms with Gasteiger partial charge in [0.1, 0.15) is 5.75 Å². The minimum absolute atomic E-state index is 0.0454. The topological polar surface area (TPSA) is 61.3 Å². The fourth-order valence-corrected chi connectivity index (χ4v) is 2.00. The lowest BCUT2D eigenvalue weighted by Gasteiger charge is -2.21. The molecule has 3 heteroatoms. The molecule has 18 heavy (non-hydrogen) atoms. The van der Waals surface area contributed by atoms with E-state index in [1.165, 1.54) is 5.56 Å². The van der Waals surface area contributed by atoms with Crippen LogP contribution in [0.25, 0.3) is 0 Å². The summed E-state index contributed by atoms with van der Waals surface area (Å²) in [6, 6.07) is 6.24. The van der Waals surface area contributed by atoms with E-state index in [0.717, 1.165) is 30.6 Å². The van der Waals surface area contributed by atoms with Gasteiger partial charge < -0.3 is 16.2 Å². The van der Waals surface area contributed by atoms with Gasteiger partial charge in [-0.15, -0.1) is 0 Å². The molecule has 0 saturated heterocycles. The van der Waals surface area contributed by atoms with Gasteiger partial charge in [0.05, 0.1) is 7.11 Å². The van der Waals surface area contributed by atoms with E-state index in [2.05, 4.69) is 13.0 Å². The first-order valence-electron chi connectivity index (χ1n) is 6.58. The maximum absolute atomic E-state index is 6.22. The second-order valence-electron chi connectivity index (χ2n) is 5.56. The van der Waals surface area contributed by atoms with E-state index in [1.54, 1.807) is 7.11 Å². The number of rotatable bonds is 6. The minimum Gasteiger partial charge on any atom is -0.496 e. The van der Waals surface area contributed by atoms with Gasteiger partial charge in [0.2, 0.25) is 0 Å². The van der Waals surface area contributed by atoms with Crippen LogP contribution in [0, 0.1) is 0 Å². The van der Waals surface area contributed by atoms with Crippen molar-refractivity contribution in [2.45, 2.75) is 51.6 Å². The van der Waals surface area contributed by atoms with Gasteiger partial charge in [0, 0.05) is 11.6 Å². The van der Waals surface area contributed by atoms with Gasteiger partial charge in [-0.1, -0.05) is 19.1 Å². The van der Waals surface area contributed by atoms with Crippen molar-refractivity contribution in [2.75, 3.05) is 7.11 Å². The van der Waals surface area contributed by atoms with E-state index in [-0.39, 0.29) is 11.6 Å². The Morgan fingerprint density at radius 3 is 2.50 bits per heavy atom. The van der Waals surface area contributed by atoms with Crippen LogP contribution in [0.3, 0.4) is 0 Å². The van der Waals surface area contributed by atoms with Crippen LogP contribution in [-0.4, -0.2) is 12.6 Å². The fourth-order valence-electron chi connectivity index (χ4n) is 2.00. The zero-order valence-corrected chi connectivity index (χ0v) is 12.0. The Hall–Kier alpha value is -1.06. The molecule has 0 radical (unpaired) electrons. The minimum atomic E-state index is -0.155. The molecule has 1 unspecified atom stereocenters. The lowest BCUT2D eigenvalue weighted by molar-refractivity contribution is 0.409. The molecular formula is C15H26N2O. The van der Waals surface area contributed by atoms with Crippen molar-refractivity contribution in [3.8, 4) is 5.75 Å². The first kappa shape index (κ1) is 15.0. The molecule has 0 spiro atoms. The lowest BCUT2D eigenvalue weighted by Crippen LogP contribution is -2.32. The zero-order valence-electron chi connectivity index (χ0n) is 12.0. The van der Waals surface area contributed by atoms with Crippen LogP contribution in [0.4, 0.5) is 0 Å². The second kappa shape index (κ2) is 6.21. The lowest BCUT2D eigenvalue weighted by atomic mass is 9.93. The molecule has 0 aliphatic carbocycles. The molecule has 0 aliphatic rings. The fraction of sp³-hybridized carbons (Fsp3) is 0.600. The number of benzene rings is 1. The molecule has 0 saturated carbocycles. The van der Waals surface area contributed by atoms with Crippen molar-refractivity contribution in [1.82, 2.24) is 0 Å². The Morgan fingerprint density at radius 2 is 2.00 bits per heavy atom. The normalized spacial score (nSPS) is 13.4. The molecule has 0 fully saturated rings. The zero-order chi connectivity index (χ0) is 13.8. The third-order valence-corrected chi connectivity index (χ3v) is 3.21. The molecule has 3 nitrogen and oxygen atoms in total. The molecule has 0 bridgehead atoms. The largest absolute Gasteiger partial charge is 0.496 e. The van der Waals surface area contributed by atoms with E-state index in [1.807, 2.05) is 26.0 Å². The Labute approximate surface area is 111 Å². The predicted molar refractivity (Wildman–Crippen MR) is 76.8 cm³/mol. The smallest absolute Gasteiger partial charge is 0.122 e. The second-order valence-corrected chi connectivity index (χ2v) is 5.56. The van der Waals surface area contributed by atoms with Gasteiger partial charge in [-0.25, -0.2) is 0 Å². The molecule has 0 aliphatic heterocycles. The van der Waals surface area contributed by atoms with Crippen molar-refractivity contribution < 1.29 is 4.74 Å². The quantitative estimate of drug-likeness (QED) is 0.816. The van der Waals surface area contributed by atoms with Gasteiger partial charge in [-0.05, 0) is 50.3 Å². The van der Waals surface area contributed by atoms with E-state index >= 15 is 0 Å². The van der Waals surface area contributed by atoms with Crippen LogP contribution >= 0.6 is 0 Å². The highest BCUT2D eigenvalue weighted by Gasteiger charge is 2.15. The third-order valence-electron chi connectivity index (χ3n) is 3.21. The third kappa shape index (κ3) is 4.31. The molecule has 102 valence electrons. The summed E-state index contributed by atoms with van der Waals surface area (Å²) >= 11 is 0. The molecule has 0 amide bonds. The number of hydrogen-bond donors (Lipinski definition) is 2. The standard InChI is InChI=1S/C15H26N2O/c1-5-11-10-12(6-7-14(11)18-4)13(16)8-9-15(2,3)17/h6-7,10,13H,5,8-9,16-17H2,1-4H3.